The highest BCUT2D eigenvalue weighted by Crippen LogP contribution is 2.28. The van der Waals surface area contributed by atoms with Crippen molar-refractivity contribution in [1.29, 1.82) is 0 Å². The number of nitrogens with one attached hydrogen (secondary N) is 1. The molecule has 0 saturated heterocycles. The molecule has 0 atom stereocenters. The van der Waals surface area contributed by atoms with E-state index in [-0.39, 0.29) is 5.91 Å². The zero-order chi connectivity index (χ0) is 15.0. The fourth-order valence-corrected chi connectivity index (χ4v) is 2.91. The van der Waals surface area contributed by atoms with E-state index < -0.39 is 0 Å². The fraction of sp³-hybridized carbons (Fsp3) is 0.278. The average Bonchev–Trinajstić information content (AvgIpc) is 2.84. The van der Waals surface area contributed by atoms with Crippen molar-refractivity contribution >= 4 is 17.3 Å². The Labute approximate surface area is 125 Å². The van der Waals surface area contributed by atoms with Gasteiger partial charge in [-0.1, -0.05) is 18.2 Å². The molecule has 21 heavy (non-hydrogen) atoms. The first-order valence-corrected chi connectivity index (χ1v) is 7.28. The maximum absolute atomic E-state index is 12.5. The Morgan fingerprint density at radius 1 is 1.14 bits per heavy atom. The first kappa shape index (κ1) is 13.7. The van der Waals surface area contributed by atoms with Crippen molar-refractivity contribution in [1.82, 2.24) is 0 Å². The van der Waals surface area contributed by atoms with Gasteiger partial charge in [0.2, 0.25) is 0 Å². The van der Waals surface area contributed by atoms with Crippen molar-refractivity contribution < 1.29 is 4.79 Å². The fourth-order valence-electron chi connectivity index (χ4n) is 2.91. The minimum atomic E-state index is -0.0373. The lowest BCUT2D eigenvalue weighted by Crippen LogP contribution is -2.14. The first-order chi connectivity index (χ1) is 10.1. The second-order valence-electron chi connectivity index (χ2n) is 5.74. The van der Waals surface area contributed by atoms with E-state index in [0.29, 0.717) is 0 Å². The summed E-state index contributed by atoms with van der Waals surface area (Å²) in [5.41, 5.74) is 6.31. The Hall–Kier alpha value is -2.29. The highest BCUT2D eigenvalue weighted by molar-refractivity contribution is 6.05. The Balaban J connectivity index is 1.87. The van der Waals surface area contributed by atoms with Gasteiger partial charge in [-0.3, -0.25) is 4.79 Å². The van der Waals surface area contributed by atoms with E-state index in [0.717, 1.165) is 35.3 Å². The lowest BCUT2D eigenvalue weighted by Gasteiger charge is -2.13. The van der Waals surface area contributed by atoms with Gasteiger partial charge in [0, 0.05) is 30.5 Å². The third-order valence-electron chi connectivity index (χ3n) is 4.19. The Kier molecular flexibility index (Phi) is 3.42. The van der Waals surface area contributed by atoms with Crippen molar-refractivity contribution in [2.24, 2.45) is 0 Å². The normalized spacial score (nSPS) is 13.2. The number of fused-ring (bicyclic) bond motifs is 1. The molecule has 0 aliphatic carbocycles. The number of likely N-dealkylation sites (N-methyl/N-ethyl adjacent to an activating group) is 1. The second-order valence-corrected chi connectivity index (χ2v) is 5.74. The maximum Gasteiger partial charge on any atom is 0.255 e. The number of carbonyl (C=O) groups is 1. The van der Waals surface area contributed by atoms with Gasteiger partial charge in [0.1, 0.15) is 0 Å². The van der Waals surface area contributed by atoms with Crippen LogP contribution in [0.2, 0.25) is 0 Å². The number of rotatable bonds is 2. The summed E-state index contributed by atoms with van der Waals surface area (Å²) < 4.78 is 0. The smallest absolute Gasteiger partial charge is 0.255 e. The lowest BCUT2D eigenvalue weighted by atomic mass is 10.1. The number of hydrogen-bond acceptors (Lipinski definition) is 2. The molecule has 108 valence electrons. The van der Waals surface area contributed by atoms with E-state index in [1.807, 2.05) is 50.2 Å². The molecule has 0 aromatic heterocycles. The van der Waals surface area contributed by atoms with Crippen LogP contribution in [0.4, 0.5) is 11.4 Å². The van der Waals surface area contributed by atoms with Gasteiger partial charge in [-0.2, -0.15) is 0 Å². The molecule has 2 aromatic carbocycles. The SMILES string of the molecule is Cc1cccc(C)c1NC(=O)c1ccc2c(c1)CCN2C. The van der Waals surface area contributed by atoms with E-state index in [2.05, 4.69) is 17.3 Å². The number of benzene rings is 2. The third kappa shape index (κ3) is 2.51. The Bertz CT molecular complexity index is 686. The molecule has 3 rings (SSSR count). The summed E-state index contributed by atoms with van der Waals surface area (Å²) >= 11 is 0. The Morgan fingerprint density at radius 3 is 2.57 bits per heavy atom. The first-order valence-electron chi connectivity index (χ1n) is 7.28. The molecule has 1 aliphatic rings. The highest BCUT2D eigenvalue weighted by Gasteiger charge is 2.18. The van der Waals surface area contributed by atoms with E-state index in [9.17, 15) is 4.79 Å². The van der Waals surface area contributed by atoms with Crippen LogP contribution in [-0.4, -0.2) is 19.5 Å². The third-order valence-corrected chi connectivity index (χ3v) is 4.19. The minimum absolute atomic E-state index is 0.0373. The summed E-state index contributed by atoms with van der Waals surface area (Å²) in [6.07, 6.45) is 1.01. The van der Waals surface area contributed by atoms with Crippen LogP contribution in [-0.2, 0) is 6.42 Å². The molecule has 0 spiro atoms. The van der Waals surface area contributed by atoms with E-state index >= 15 is 0 Å². The summed E-state index contributed by atoms with van der Waals surface area (Å²) in [7, 11) is 2.09. The minimum Gasteiger partial charge on any atom is -0.374 e. The van der Waals surface area contributed by atoms with Gasteiger partial charge in [0.25, 0.3) is 5.91 Å². The molecule has 1 N–H and O–H groups in total. The monoisotopic (exact) mass is 280 g/mol. The highest BCUT2D eigenvalue weighted by atomic mass is 16.1. The molecule has 3 nitrogen and oxygen atoms in total. The molecule has 0 unspecified atom stereocenters. The zero-order valence-electron chi connectivity index (χ0n) is 12.7. The van der Waals surface area contributed by atoms with Crippen LogP contribution in [0.3, 0.4) is 0 Å². The van der Waals surface area contributed by atoms with Crippen LogP contribution in [0, 0.1) is 13.8 Å². The van der Waals surface area contributed by atoms with Crippen LogP contribution < -0.4 is 10.2 Å². The number of aryl methyl sites for hydroxylation is 2. The molecule has 0 bridgehead atoms. The van der Waals surface area contributed by atoms with E-state index in [1.165, 1.54) is 11.3 Å². The number of amides is 1. The van der Waals surface area contributed by atoms with Crippen LogP contribution in [0.5, 0.6) is 0 Å². The summed E-state index contributed by atoms with van der Waals surface area (Å²) in [5.74, 6) is -0.0373. The second kappa shape index (κ2) is 5.24. The summed E-state index contributed by atoms with van der Waals surface area (Å²) in [4.78, 5) is 14.7. The molecule has 1 amide bonds. The van der Waals surface area contributed by atoms with E-state index in [4.69, 9.17) is 0 Å². The molecular weight excluding hydrogens is 260 g/mol. The molecule has 2 aromatic rings. The van der Waals surface area contributed by atoms with Crippen molar-refractivity contribution in [3.8, 4) is 0 Å². The average molecular weight is 280 g/mol. The largest absolute Gasteiger partial charge is 0.374 e. The van der Waals surface area contributed by atoms with Gasteiger partial charge >= 0.3 is 0 Å². The standard InChI is InChI=1S/C18H20N2O/c1-12-5-4-6-13(2)17(12)19-18(21)15-7-8-16-14(11-15)9-10-20(16)3/h4-8,11H,9-10H2,1-3H3,(H,19,21). The van der Waals surface area contributed by atoms with Crippen molar-refractivity contribution in [2.45, 2.75) is 20.3 Å². The molecule has 0 radical (unpaired) electrons. The molecule has 3 heteroatoms. The number of hydrogen-bond donors (Lipinski definition) is 1. The summed E-state index contributed by atoms with van der Waals surface area (Å²) in [5, 5.41) is 3.04. The molecule has 1 aliphatic heterocycles. The number of nitrogens with zero attached hydrogens (tertiary/aromatic N) is 1. The van der Waals surface area contributed by atoms with Gasteiger partial charge in [-0.05, 0) is 55.2 Å². The lowest BCUT2D eigenvalue weighted by molar-refractivity contribution is 0.102. The summed E-state index contributed by atoms with van der Waals surface area (Å²) in [6, 6.07) is 12.0. The number of anilines is 2. The summed E-state index contributed by atoms with van der Waals surface area (Å²) in [6.45, 7) is 5.05. The van der Waals surface area contributed by atoms with Crippen molar-refractivity contribution in [2.75, 3.05) is 23.8 Å². The van der Waals surface area contributed by atoms with E-state index in [1.54, 1.807) is 0 Å². The van der Waals surface area contributed by atoms with Gasteiger partial charge in [-0.25, -0.2) is 0 Å². The van der Waals surface area contributed by atoms with Gasteiger partial charge < -0.3 is 10.2 Å². The quantitative estimate of drug-likeness (QED) is 0.912. The number of para-hydroxylation sites is 1. The van der Waals surface area contributed by atoms with Crippen LogP contribution in [0.25, 0.3) is 0 Å². The molecule has 0 fully saturated rings. The van der Waals surface area contributed by atoms with Crippen molar-refractivity contribution in [3.63, 3.8) is 0 Å². The van der Waals surface area contributed by atoms with Gasteiger partial charge in [0.15, 0.2) is 0 Å². The predicted molar refractivity (Wildman–Crippen MR) is 87.3 cm³/mol. The molecular formula is C18H20N2O. The number of carbonyl (C=O) groups excluding carboxylic acids is 1. The molecule has 1 heterocycles. The maximum atomic E-state index is 12.5. The van der Waals surface area contributed by atoms with Gasteiger partial charge in [-0.15, -0.1) is 0 Å². The topological polar surface area (TPSA) is 32.3 Å². The van der Waals surface area contributed by atoms with Crippen LogP contribution >= 0.6 is 0 Å². The van der Waals surface area contributed by atoms with Crippen LogP contribution in [0.15, 0.2) is 36.4 Å². The Morgan fingerprint density at radius 2 is 1.86 bits per heavy atom. The molecule has 0 saturated carbocycles. The van der Waals surface area contributed by atoms with Gasteiger partial charge in [0.05, 0.1) is 0 Å². The van der Waals surface area contributed by atoms with Crippen LogP contribution in [0.1, 0.15) is 27.0 Å². The predicted octanol–water partition coefficient (Wildman–Crippen LogP) is 3.55. The zero-order valence-corrected chi connectivity index (χ0v) is 12.7. The van der Waals surface area contributed by atoms with Crippen molar-refractivity contribution in [3.05, 3.63) is 58.7 Å².